The molecule has 190 valence electrons. The van der Waals surface area contributed by atoms with Crippen LogP contribution in [0.4, 0.5) is 10.1 Å². The molecule has 6 nitrogen and oxygen atoms in total. The molecule has 1 fully saturated rings. The van der Waals surface area contributed by atoms with Crippen LogP contribution in [0.1, 0.15) is 49.1 Å². The highest BCUT2D eigenvalue weighted by Gasteiger charge is 2.29. The van der Waals surface area contributed by atoms with Gasteiger partial charge in [-0.15, -0.1) is 0 Å². The maximum Gasteiger partial charge on any atom is 0.307 e. The van der Waals surface area contributed by atoms with Crippen LogP contribution in [0.3, 0.4) is 0 Å². The van der Waals surface area contributed by atoms with Gasteiger partial charge in [0.1, 0.15) is 11.6 Å². The van der Waals surface area contributed by atoms with E-state index in [2.05, 4.69) is 28.7 Å². The second kappa shape index (κ2) is 10.6. The van der Waals surface area contributed by atoms with E-state index in [4.69, 9.17) is 4.74 Å². The maximum absolute atomic E-state index is 13.8. The quantitative estimate of drug-likeness (QED) is 0.431. The van der Waals surface area contributed by atoms with Gasteiger partial charge in [0.15, 0.2) is 0 Å². The van der Waals surface area contributed by atoms with E-state index in [0.29, 0.717) is 24.3 Å². The summed E-state index contributed by atoms with van der Waals surface area (Å²) in [6.07, 6.45) is 6.05. The van der Waals surface area contributed by atoms with Crippen LogP contribution in [0, 0.1) is 25.1 Å². The van der Waals surface area contributed by atoms with Crippen molar-refractivity contribution >= 4 is 11.7 Å². The van der Waals surface area contributed by atoms with Crippen LogP contribution in [0.25, 0.3) is 11.3 Å². The third-order valence-electron chi connectivity index (χ3n) is 7.03. The largest absolute Gasteiger partial charge is 0.492 e. The fourth-order valence-corrected chi connectivity index (χ4v) is 4.59. The fraction of sp³-hybridized carbons (Fsp3) is 0.414. The molecule has 0 atom stereocenters. The van der Waals surface area contributed by atoms with E-state index >= 15 is 0 Å². The molecule has 0 radical (unpaired) electrons. The van der Waals surface area contributed by atoms with Crippen molar-refractivity contribution in [3.05, 3.63) is 70.9 Å². The molecule has 4 rings (SSSR count). The van der Waals surface area contributed by atoms with Gasteiger partial charge in [0.25, 0.3) is 0 Å². The highest BCUT2D eigenvalue weighted by molar-refractivity contribution is 5.83. The molecule has 0 amide bonds. The van der Waals surface area contributed by atoms with E-state index in [1.165, 1.54) is 0 Å². The minimum Gasteiger partial charge on any atom is -0.492 e. The number of aliphatic carboxylic acids is 1. The SMILES string of the molecule is Cc1ccc(CCOc2ccc(-c3cnc(C)c(CC(=O)O)c3N3CCC(C)(C)CC3)nc2)cc1F. The van der Waals surface area contributed by atoms with Crippen LogP contribution < -0.4 is 9.64 Å². The lowest BCUT2D eigenvalue weighted by molar-refractivity contribution is -0.136. The molecular formula is C29H34FN3O3. The van der Waals surface area contributed by atoms with Crippen LogP contribution in [-0.4, -0.2) is 40.7 Å². The fourth-order valence-electron chi connectivity index (χ4n) is 4.59. The number of hydrogen-bond acceptors (Lipinski definition) is 5. The number of benzene rings is 1. The van der Waals surface area contributed by atoms with E-state index in [9.17, 15) is 14.3 Å². The van der Waals surface area contributed by atoms with E-state index < -0.39 is 5.97 Å². The summed E-state index contributed by atoms with van der Waals surface area (Å²) in [5.74, 6) is -0.459. The third-order valence-corrected chi connectivity index (χ3v) is 7.03. The Kier molecular flexibility index (Phi) is 7.57. The Bertz CT molecular complexity index is 1230. The van der Waals surface area contributed by atoms with Gasteiger partial charge in [-0.1, -0.05) is 26.0 Å². The predicted molar refractivity (Wildman–Crippen MR) is 139 cm³/mol. The van der Waals surface area contributed by atoms with E-state index in [0.717, 1.165) is 59.7 Å². The van der Waals surface area contributed by atoms with Crippen molar-refractivity contribution in [2.75, 3.05) is 24.6 Å². The first-order chi connectivity index (χ1) is 17.1. The Hall–Kier alpha value is -3.48. The Morgan fingerprint density at radius 3 is 2.50 bits per heavy atom. The first-order valence-electron chi connectivity index (χ1n) is 12.4. The molecule has 7 heteroatoms. The van der Waals surface area contributed by atoms with E-state index in [1.54, 1.807) is 31.5 Å². The molecule has 1 saturated heterocycles. The van der Waals surface area contributed by atoms with Crippen LogP contribution in [0.2, 0.25) is 0 Å². The van der Waals surface area contributed by atoms with Gasteiger partial charge in [0.2, 0.25) is 0 Å². The van der Waals surface area contributed by atoms with E-state index in [1.807, 2.05) is 25.1 Å². The lowest BCUT2D eigenvalue weighted by atomic mass is 9.82. The summed E-state index contributed by atoms with van der Waals surface area (Å²) in [4.78, 5) is 23.1. The summed E-state index contributed by atoms with van der Waals surface area (Å²) in [5.41, 5.74) is 5.73. The zero-order valence-electron chi connectivity index (χ0n) is 21.5. The molecule has 1 aliphatic rings. The number of carbonyl (C=O) groups is 1. The summed E-state index contributed by atoms with van der Waals surface area (Å²) in [6, 6.07) is 8.97. The molecule has 36 heavy (non-hydrogen) atoms. The van der Waals surface area contributed by atoms with Gasteiger partial charge < -0.3 is 14.7 Å². The van der Waals surface area contributed by atoms with Crippen LogP contribution in [0.5, 0.6) is 5.75 Å². The number of hydrogen-bond donors (Lipinski definition) is 1. The normalized spacial score (nSPS) is 15.1. The van der Waals surface area contributed by atoms with Gasteiger partial charge in [0.05, 0.1) is 30.6 Å². The van der Waals surface area contributed by atoms with Crippen LogP contribution in [-0.2, 0) is 17.6 Å². The summed E-state index contributed by atoms with van der Waals surface area (Å²) >= 11 is 0. The van der Waals surface area contributed by atoms with Crippen molar-refractivity contribution in [3.8, 4) is 17.0 Å². The number of aryl methyl sites for hydroxylation is 2. The molecule has 0 unspecified atom stereocenters. The smallest absolute Gasteiger partial charge is 0.307 e. The number of nitrogens with zero attached hydrogens (tertiary/aromatic N) is 3. The summed E-state index contributed by atoms with van der Waals surface area (Å²) in [7, 11) is 0. The molecule has 1 aliphatic heterocycles. The monoisotopic (exact) mass is 491 g/mol. The van der Waals surface area contributed by atoms with Crippen LogP contribution in [0.15, 0.2) is 42.7 Å². The Morgan fingerprint density at radius 1 is 1.11 bits per heavy atom. The van der Waals surface area contributed by atoms with Gasteiger partial charge in [-0.25, -0.2) is 4.39 Å². The standard InChI is InChI=1S/C29H34FN3O3/c1-19-5-6-21(15-25(19)30)9-14-36-22-7-8-26(32-17-22)24-18-31-20(2)23(16-27(34)35)28(24)33-12-10-29(3,4)11-13-33/h5-8,15,17-18H,9-14,16H2,1-4H3,(H,34,35). The number of rotatable bonds is 8. The second-order valence-corrected chi connectivity index (χ2v) is 10.4. The van der Waals surface area contributed by atoms with Crippen molar-refractivity contribution in [2.24, 2.45) is 5.41 Å². The maximum atomic E-state index is 13.8. The molecule has 0 spiro atoms. The zero-order valence-corrected chi connectivity index (χ0v) is 21.5. The summed E-state index contributed by atoms with van der Waals surface area (Å²) < 4.78 is 19.6. The molecular weight excluding hydrogens is 457 g/mol. The van der Waals surface area contributed by atoms with Crippen molar-refractivity contribution in [3.63, 3.8) is 0 Å². The number of aromatic nitrogens is 2. The van der Waals surface area contributed by atoms with Crippen molar-refractivity contribution in [1.29, 1.82) is 0 Å². The number of pyridine rings is 2. The number of ether oxygens (including phenoxy) is 1. The molecule has 1 N–H and O–H groups in total. The number of halogens is 1. The first-order valence-corrected chi connectivity index (χ1v) is 12.4. The molecule has 3 heterocycles. The van der Waals surface area contributed by atoms with E-state index in [-0.39, 0.29) is 17.7 Å². The summed E-state index contributed by atoms with van der Waals surface area (Å²) in [6.45, 7) is 10.3. The zero-order chi connectivity index (χ0) is 25.9. The van der Waals surface area contributed by atoms with Crippen molar-refractivity contribution < 1.29 is 19.0 Å². The predicted octanol–water partition coefficient (Wildman–Crippen LogP) is 5.77. The Morgan fingerprint density at radius 2 is 1.86 bits per heavy atom. The van der Waals surface area contributed by atoms with Gasteiger partial charge in [-0.2, -0.15) is 0 Å². The number of anilines is 1. The average molecular weight is 492 g/mol. The number of carboxylic acid groups (broad SMARTS) is 1. The Balaban J connectivity index is 1.55. The minimum atomic E-state index is -0.874. The molecule has 2 aromatic heterocycles. The van der Waals surface area contributed by atoms with Gasteiger partial charge in [-0.3, -0.25) is 14.8 Å². The van der Waals surface area contributed by atoms with Crippen molar-refractivity contribution in [1.82, 2.24) is 9.97 Å². The van der Waals surface area contributed by atoms with Crippen molar-refractivity contribution in [2.45, 2.75) is 53.4 Å². The first kappa shape index (κ1) is 25.6. The number of carboxylic acids is 1. The summed E-state index contributed by atoms with van der Waals surface area (Å²) in [5, 5.41) is 9.59. The lowest BCUT2D eigenvalue weighted by Gasteiger charge is -2.40. The number of piperidine rings is 1. The average Bonchev–Trinajstić information content (AvgIpc) is 2.83. The second-order valence-electron chi connectivity index (χ2n) is 10.4. The topological polar surface area (TPSA) is 75.6 Å². The van der Waals surface area contributed by atoms with Crippen LogP contribution >= 0.6 is 0 Å². The Labute approximate surface area is 212 Å². The lowest BCUT2D eigenvalue weighted by Crippen LogP contribution is -2.38. The minimum absolute atomic E-state index is 0.0807. The molecule has 3 aromatic rings. The molecule has 0 saturated carbocycles. The molecule has 0 bridgehead atoms. The molecule has 1 aromatic carbocycles. The third kappa shape index (κ3) is 6.01. The highest BCUT2D eigenvalue weighted by Crippen LogP contribution is 2.39. The van der Waals surface area contributed by atoms with Gasteiger partial charge in [0, 0.05) is 42.5 Å². The highest BCUT2D eigenvalue weighted by atomic mass is 19.1. The molecule has 0 aliphatic carbocycles. The van der Waals surface area contributed by atoms with Gasteiger partial charge >= 0.3 is 5.97 Å². The van der Waals surface area contributed by atoms with Gasteiger partial charge in [-0.05, 0) is 61.4 Å².